The summed E-state index contributed by atoms with van der Waals surface area (Å²) in [5, 5.41) is 20.8. The van der Waals surface area contributed by atoms with Crippen LogP contribution in [0, 0.1) is 0 Å². The summed E-state index contributed by atoms with van der Waals surface area (Å²) in [6.45, 7) is 2.00. The summed E-state index contributed by atoms with van der Waals surface area (Å²) in [4.78, 5) is 2.06. The Morgan fingerprint density at radius 2 is 2.17 bits per heavy atom. The molecular formula is C13H17Cl2NO2. The number of rotatable bonds is 3. The minimum atomic E-state index is -0.653. The van der Waals surface area contributed by atoms with Gasteiger partial charge in [0.05, 0.1) is 12.2 Å². The van der Waals surface area contributed by atoms with Crippen molar-refractivity contribution in [2.45, 2.75) is 25.0 Å². The molecule has 0 bridgehead atoms. The van der Waals surface area contributed by atoms with E-state index in [4.69, 9.17) is 23.2 Å². The van der Waals surface area contributed by atoms with Crippen LogP contribution in [-0.2, 0) is 0 Å². The Kier molecular flexibility index (Phi) is 4.87. The molecule has 1 aliphatic rings. The molecule has 1 aliphatic heterocycles. The number of nitrogens with zero attached hydrogens (tertiary/aromatic N) is 1. The summed E-state index contributed by atoms with van der Waals surface area (Å²) >= 11 is 11.9. The summed E-state index contributed by atoms with van der Waals surface area (Å²) in [5.41, 5.74) is 0.682. The third kappa shape index (κ3) is 3.59. The average molecular weight is 290 g/mol. The highest BCUT2D eigenvalue weighted by atomic mass is 35.5. The summed E-state index contributed by atoms with van der Waals surface area (Å²) in [6.07, 6.45) is 0.864. The summed E-state index contributed by atoms with van der Waals surface area (Å²) in [6, 6.07) is 5.10. The average Bonchev–Trinajstić information content (AvgIpc) is 2.28. The van der Waals surface area contributed by atoms with E-state index in [-0.39, 0.29) is 6.10 Å². The zero-order valence-corrected chi connectivity index (χ0v) is 11.5. The molecule has 1 aromatic carbocycles. The van der Waals surface area contributed by atoms with Gasteiger partial charge in [-0.3, -0.25) is 4.90 Å². The van der Waals surface area contributed by atoms with Crippen molar-refractivity contribution in [2.75, 3.05) is 19.6 Å². The second-order valence-electron chi connectivity index (χ2n) is 4.74. The molecule has 2 atom stereocenters. The maximum Gasteiger partial charge on any atom is 0.0931 e. The van der Waals surface area contributed by atoms with Crippen LogP contribution in [0.15, 0.2) is 18.2 Å². The molecule has 0 radical (unpaired) electrons. The fourth-order valence-corrected chi connectivity index (χ4v) is 2.85. The highest BCUT2D eigenvalue weighted by Crippen LogP contribution is 2.27. The number of benzene rings is 1. The van der Waals surface area contributed by atoms with E-state index in [1.807, 2.05) is 0 Å². The largest absolute Gasteiger partial charge is 0.392 e. The molecule has 1 saturated heterocycles. The van der Waals surface area contributed by atoms with Gasteiger partial charge >= 0.3 is 0 Å². The lowest BCUT2D eigenvalue weighted by molar-refractivity contribution is 0.0392. The first-order chi connectivity index (χ1) is 8.56. The maximum absolute atomic E-state index is 10.2. The van der Waals surface area contributed by atoms with Crippen LogP contribution in [0.3, 0.4) is 0 Å². The van der Waals surface area contributed by atoms with Gasteiger partial charge in [0, 0.05) is 28.7 Å². The summed E-state index contributed by atoms with van der Waals surface area (Å²) < 4.78 is 0. The van der Waals surface area contributed by atoms with Crippen LogP contribution in [-0.4, -0.2) is 40.9 Å². The third-order valence-corrected chi connectivity index (χ3v) is 3.80. The second kappa shape index (κ2) is 6.22. The topological polar surface area (TPSA) is 43.7 Å². The first-order valence-corrected chi connectivity index (χ1v) is 6.85. The van der Waals surface area contributed by atoms with Crippen LogP contribution in [0.5, 0.6) is 0 Å². The number of hydrogen-bond acceptors (Lipinski definition) is 3. The Bertz CT molecular complexity index is 414. The lowest BCUT2D eigenvalue weighted by atomic mass is 10.1. The Labute approximate surface area is 117 Å². The molecule has 5 heteroatoms. The van der Waals surface area contributed by atoms with Crippen LogP contribution < -0.4 is 0 Å². The number of β-amino-alcohol motifs (C(OH)–C–C–N with tert-alkyl or cyclic N) is 2. The van der Waals surface area contributed by atoms with E-state index < -0.39 is 6.10 Å². The number of hydrogen-bond donors (Lipinski definition) is 2. The molecule has 1 fully saturated rings. The third-order valence-electron chi connectivity index (χ3n) is 3.23. The van der Waals surface area contributed by atoms with Gasteiger partial charge in [-0.1, -0.05) is 29.3 Å². The van der Waals surface area contributed by atoms with Gasteiger partial charge in [-0.05, 0) is 31.5 Å². The molecule has 0 amide bonds. The smallest absolute Gasteiger partial charge is 0.0931 e. The number of likely N-dealkylation sites (tertiary alicyclic amines) is 1. The Morgan fingerprint density at radius 3 is 2.83 bits per heavy atom. The van der Waals surface area contributed by atoms with Crippen LogP contribution in [0.25, 0.3) is 0 Å². The molecule has 1 aromatic rings. The normalized spacial score (nSPS) is 23.0. The molecule has 100 valence electrons. The van der Waals surface area contributed by atoms with Gasteiger partial charge in [0.15, 0.2) is 0 Å². The first kappa shape index (κ1) is 14.1. The monoisotopic (exact) mass is 289 g/mol. The van der Waals surface area contributed by atoms with Crippen molar-refractivity contribution in [3.8, 4) is 0 Å². The maximum atomic E-state index is 10.2. The Hall–Kier alpha value is -0.320. The summed E-state index contributed by atoms with van der Waals surface area (Å²) in [5.74, 6) is 0. The quantitative estimate of drug-likeness (QED) is 0.899. The van der Waals surface area contributed by atoms with E-state index in [0.717, 1.165) is 19.4 Å². The molecule has 3 nitrogen and oxygen atoms in total. The van der Waals surface area contributed by atoms with Crippen molar-refractivity contribution in [3.05, 3.63) is 33.8 Å². The van der Waals surface area contributed by atoms with Gasteiger partial charge in [-0.2, -0.15) is 0 Å². The zero-order chi connectivity index (χ0) is 13.1. The van der Waals surface area contributed by atoms with Crippen molar-refractivity contribution in [2.24, 2.45) is 0 Å². The van der Waals surface area contributed by atoms with E-state index >= 15 is 0 Å². The predicted molar refractivity (Wildman–Crippen MR) is 73.1 cm³/mol. The molecule has 0 spiro atoms. The molecule has 1 heterocycles. The van der Waals surface area contributed by atoms with Gasteiger partial charge < -0.3 is 10.2 Å². The van der Waals surface area contributed by atoms with Crippen molar-refractivity contribution in [3.63, 3.8) is 0 Å². The molecule has 18 heavy (non-hydrogen) atoms. The molecule has 2 N–H and O–H groups in total. The Balaban J connectivity index is 2.00. The lowest BCUT2D eigenvalue weighted by Gasteiger charge is -2.31. The van der Waals surface area contributed by atoms with Crippen LogP contribution in [0.2, 0.25) is 10.0 Å². The molecular weight excluding hydrogens is 273 g/mol. The molecule has 0 aliphatic carbocycles. The van der Waals surface area contributed by atoms with Crippen molar-refractivity contribution in [1.29, 1.82) is 0 Å². The highest BCUT2D eigenvalue weighted by Gasteiger charge is 2.21. The van der Waals surface area contributed by atoms with Gasteiger partial charge in [-0.15, -0.1) is 0 Å². The van der Waals surface area contributed by atoms with Crippen molar-refractivity contribution in [1.82, 2.24) is 4.90 Å². The van der Waals surface area contributed by atoms with Crippen molar-refractivity contribution >= 4 is 23.2 Å². The van der Waals surface area contributed by atoms with Gasteiger partial charge in [0.25, 0.3) is 0 Å². The molecule has 2 unspecified atom stereocenters. The standard InChI is InChI=1S/C13H17Cl2NO2/c14-9-3-4-11(12(15)6-9)13(18)8-16-5-1-2-10(17)7-16/h3-4,6,10,13,17-18H,1-2,5,7-8H2. The fraction of sp³-hybridized carbons (Fsp3) is 0.538. The highest BCUT2D eigenvalue weighted by molar-refractivity contribution is 6.35. The van der Waals surface area contributed by atoms with Gasteiger partial charge in [0.1, 0.15) is 0 Å². The lowest BCUT2D eigenvalue weighted by Crippen LogP contribution is -2.40. The number of halogens is 2. The first-order valence-electron chi connectivity index (χ1n) is 6.09. The minimum absolute atomic E-state index is 0.286. The minimum Gasteiger partial charge on any atom is -0.392 e. The molecule has 2 rings (SSSR count). The number of aliphatic hydroxyl groups excluding tert-OH is 2. The molecule has 0 saturated carbocycles. The van der Waals surface area contributed by atoms with Crippen LogP contribution >= 0.6 is 23.2 Å². The van der Waals surface area contributed by atoms with Crippen LogP contribution in [0.4, 0.5) is 0 Å². The van der Waals surface area contributed by atoms with Crippen LogP contribution in [0.1, 0.15) is 24.5 Å². The predicted octanol–water partition coefficient (Wildman–Crippen LogP) is 2.48. The van der Waals surface area contributed by atoms with E-state index in [0.29, 0.717) is 28.7 Å². The number of aliphatic hydroxyl groups is 2. The van der Waals surface area contributed by atoms with E-state index in [1.165, 1.54) is 0 Å². The van der Waals surface area contributed by atoms with E-state index in [2.05, 4.69) is 4.90 Å². The fourth-order valence-electron chi connectivity index (χ4n) is 2.31. The van der Waals surface area contributed by atoms with Crippen molar-refractivity contribution < 1.29 is 10.2 Å². The van der Waals surface area contributed by atoms with E-state index in [9.17, 15) is 10.2 Å². The number of piperidine rings is 1. The van der Waals surface area contributed by atoms with Gasteiger partial charge in [-0.25, -0.2) is 0 Å². The van der Waals surface area contributed by atoms with E-state index in [1.54, 1.807) is 18.2 Å². The SMILES string of the molecule is OC1CCCN(CC(O)c2ccc(Cl)cc2Cl)C1. The second-order valence-corrected chi connectivity index (χ2v) is 5.58. The summed E-state index contributed by atoms with van der Waals surface area (Å²) in [7, 11) is 0. The zero-order valence-electron chi connectivity index (χ0n) is 10.0. The molecule has 0 aromatic heterocycles. The van der Waals surface area contributed by atoms with Gasteiger partial charge in [0.2, 0.25) is 0 Å². The Morgan fingerprint density at radius 1 is 1.39 bits per heavy atom.